The molecule has 138 valence electrons. The molecule has 0 aliphatic heterocycles. The van der Waals surface area contributed by atoms with Crippen LogP contribution in [0.2, 0.25) is 0 Å². The Hall–Kier alpha value is -3.52. The lowest BCUT2D eigenvalue weighted by Crippen LogP contribution is -2.20. The van der Waals surface area contributed by atoms with Gasteiger partial charge in [0, 0.05) is 23.4 Å². The predicted molar refractivity (Wildman–Crippen MR) is 103 cm³/mol. The summed E-state index contributed by atoms with van der Waals surface area (Å²) in [5.74, 6) is 0. The number of rotatable bonds is 6. The van der Waals surface area contributed by atoms with Crippen molar-refractivity contribution in [2.75, 3.05) is 13.2 Å². The third kappa shape index (κ3) is 3.70. The number of hydrogen-bond donors (Lipinski definition) is 2. The Morgan fingerprint density at radius 3 is 2.44 bits per heavy atom. The first kappa shape index (κ1) is 18.3. The zero-order chi connectivity index (χ0) is 19.4. The van der Waals surface area contributed by atoms with E-state index in [1.54, 1.807) is 6.92 Å². The number of aliphatic hydroxyl groups is 1. The van der Waals surface area contributed by atoms with E-state index >= 15 is 0 Å². The van der Waals surface area contributed by atoms with Crippen LogP contribution < -0.4 is 5.56 Å². The van der Waals surface area contributed by atoms with Gasteiger partial charge in [-0.25, -0.2) is 4.68 Å². The van der Waals surface area contributed by atoms with Crippen molar-refractivity contribution >= 4 is 11.4 Å². The molecule has 3 aromatic rings. The zero-order valence-electron chi connectivity index (χ0n) is 14.6. The van der Waals surface area contributed by atoms with E-state index in [4.69, 9.17) is 5.11 Å². The fraction of sp³-hybridized carbons (Fsp3) is 0.158. The molecule has 0 radical (unpaired) electrons. The summed E-state index contributed by atoms with van der Waals surface area (Å²) in [6, 6.07) is 15.0. The molecular weight excluding hydrogens is 348 g/mol. The number of non-ortho nitro benzene ring substituents is 1. The van der Waals surface area contributed by atoms with Gasteiger partial charge in [-0.05, 0) is 19.1 Å². The van der Waals surface area contributed by atoms with E-state index in [0.717, 1.165) is 5.56 Å². The number of H-pyrrole nitrogens is 1. The maximum Gasteiger partial charge on any atom is 0.280 e. The summed E-state index contributed by atoms with van der Waals surface area (Å²) in [4.78, 5) is 27.6. The molecule has 0 atom stereocenters. The number of nitro groups is 1. The highest BCUT2D eigenvalue weighted by molar-refractivity contribution is 6.03. The summed E-state index contributed by atoms with van der Waals surface area (Å²) < 4.78 is 1.33. The number of hydrogen-bond acceptors (Lipinski definition) is 5. The van der Waals surface area contributed by atoms with Crippen molar-refractivity contribution in [2.24, 2.45) is 4.99 Å². The van der Waals surface area contributed by atoms with E-state index < -0.39 is 4.92 Å². The first-order valence-electron chi connectivity index (χ1n) is 8.30. The SMILES string of the molecule is CC(=NCCO)c1c(-c2ccccc2)[nH]n(-c2ccc([N+](=O)[O-])cc2)c1=O. The first-order chi connectivity index (χ1) is 13.0. The molecule has 0 fully saturated rings. The molecule has 8 heteroatoms. The summed E-state index contributed by atoms with van der Waals surface area (Å²) in [5.41, 5.74) is 2.41. The third-order valence-corrected chi connectivity index (χ3v) is 4.08. The van der Waals surface area contributed by atoms with Crippen molar-refractivity contribution in [3.63, 3.8) is 0 Å². The van der Waals surface area contributed by atoms with Crippen LogP contribution in [0.3, 0.4) is 0 Å². The van der Waals surface area contributed by atoms with Crippen LogP contribution in [0, 0.1) is 10.1 Å². The van der Waals surface area contributed by atoms with Crippen molar-refractivity contribution in [1.29, 1.82) is 0 Å². The van der Waals surface area contributed by atoms with Crippen LogP contribution in [-0.4, -0.2) is 38.7 Å². The van der Waals surface area contributed by atoms with Crippen molar-refractivity contribution < 1.29 is 10.0 Å². The Morgan fingerprint density at radius 1 is 1.19 bits per heavy atom. The van der Waals surface area contributed by atoms with Crippen molar-refractivity contribution in [1.82, 2.24) is 9.78 Å². The number of aliphatic hydroxyl groups excluding tert-OH is 1. The van der Waals surface area contributed by atoms with Gasteiger partial charge in [0.15, 0.2) is 0 Å². The average molecular weight is 366 g/mol. The molecule has 2 aromatic carbocycles. The van der Waals surface area contributed by atoms with E-state index in [1.165, 1.54) is 28.9 Å². The topological polar surface area (TPSA) is 114 Å². The summed E-state index contributed by atoms with van der Waals surface area (Å²) in [6.07, 6.45) is 0. The second-order valence-corrected chi connectivity index (χ2v) is 5.83. The van der Waals surface area contributed by atoms with E-state index in [-0.39, 0.29) is 24.4 Å². The summed E-state index contributed by atoms with van der Waals surface area (Å²) in [6.45, 7) is 1.80. The minimum absolute atomic E-state index is 0.0532. The molecule has 1 aromatic heterocycles. The summed E-state index contributed by atoms with van der Waals surface area (Å²) in [7, 11) is 0. The minimum atomic E-state index is -0.492. The fourth-order valence-electron chi connectivity index (χ4n) is 2.79. The molecule has 8 nitrogen and oxygen atoms in total. The smallest absolute Gasteiger partial charge is 0.280 e. The van der Waals surface area contributed by atoms with Crippen LogP contribution in [0.5, 0.6) is 0 Å². The Morgan fingerprint density at radius 2 is 1.85 bits per heavy atom. The van der Waals surface area contributed by atoms with Crippen molar-refractivity contribution in [3.8, 4) is 16.9 Å². The van der Waals surface area contributed by atoms with Crippen molar-refractivity contribution in [3.05, 3.63) is 80.6 Å². The van der Waals surface area contributed by atoms with Gasteiger partial charge >= 0.3 is 0 Å². The molecule has 0 amide bonds. The number of nitrogens with zero attached hydrogens (tertiary/aromatic N) is 3. The predicted octanol–water partition coefficient (Wildman–Crippen LogP) is 2.54. The lowest BCUT2D eigenvalue weighted by atomic mass is 10.1. The standard InChI is InChI=1S/C19H18N4O4/c1-13(20-11-12-24)17-18(14-5-3-2-4-6-14)21-22(19(17)25)15-7-9-16(10-8-15)23(26)27/h2-10,21,24H,11-12H2,1H3. The van der Waals surface area contributed by atoms with Gasteiger partial charge in [0.05, 0.1) is 35.0 Å². The van der Waals surface area contributed by atoms with Crippen molar-refractivity contribution in [2.45, 2.75) is 6.92 Å². The Balaban J connectivity index is 2.18. The Kier molecular flexibility index (Phi) is 5.28. The highest BCUT2D eigenvalue weighted by Crippen LogP contribution is 2.22. The molecule has 1 heterocycles. The Labute approximate surface area is 154 Å². The molecule has 27 heavy (non-hydrogen) atoms. The zero-order valence-corrected chi connectivity index (χ0v) is 14.6. The maximum atomic E-state index is 13.0. The van der Waals surface area contributed by atoms with Gasteiger partial charge in [0.25, 0.3) is 11.2 Å². The van der Waals surface area contributed by atoms with Gasteiger partial charge in [0.2, 0.25) is 0 Å². The quantitative estimate of drug-likeness (QED) is 0.396. The van der Waals surface area contributed by atoms with Crippen LogP contribution in [-0.2, 0) is 0 Å². The normalized spacial score (nSPS) is 11.6. The van der Waals surface area contributed by atoms with Gasteiger partial charge in [-0.1, -0.05) is 30.3 Å². The molecule has 0 unspecified atom stereocenters. The van der Waals surface area contributed by atoms with Crippen LogP contribution in [0.25, 0.3) is 16.9 Å². The number of nitro benzene ring substituents is 1. The molecule has 3 rings (SSSR count). The molecule has 0 saturated heterocycles. The number of aromatic nitrogens is 2. The first-order valence-corrected chi connectivity index (χ1v) is 8.30. The minimum Gasteiger partial charge on any atom is -0.394 e. The van der Waals surface area contributed by atoms with Gasteiger partial charge in [-0.15, -0.1) is 0 Å². The molecule has 0 bridgehead atoms. The number of aromatic amines is 1. The second kappa shape index (κ2) is 7.79. The Bertz CT molecular complexity index is 1030. The average Bonchev–Trinajstić information content (AvgIpc) is 3.04. The highest BCUT2D eigenvalue weighted by Gasteiger charge is 2.19. The van der Waals surface area contributed by atoms with E-state index in [0.29, 0.717) is 22.7 Å². The van der Waals surface area contributed by atoms with Crippen LogP contribution >= 0.6 is 0 Å². The molecule has 0 spiro atoms. The number of aliphatic imine (C=N–C) groups is 1. The molecule has 0 saturated carbocycles. The molecule has 0 aliphatic carbocycles. The van der Waals surface area contributed by atoms with Gasteiger partial charge in [-0.2, -0.15) is 0 Å². The van der Waals surface area contributed by atoms with E-state index in [1.807, 2.05) is 30.3 Å². The van der Waals surface area contributed by atoms with E-state index in [2.05, 4.69) is 10.1 Å². The monoisotopic (exact) mass is 366 g/mol. The third-order valence-electron chi connectivity index (χ3n) is 4.08. The van der Waals surface area contributed by atoms with E-state index in [9.17, 15) is 14.9 Å². The molecular formula is C19H18N4O4. The van der Waals surface area contributed by atoms with Gasteiger partial charge < -0.3 is 5.11 Å². The number of nitrogens with one attached hydrogen (secondary N) is 1. The summed E-state index contributed by atoms with van der Waals surface area (Å²) >= 11 is 0. The highest BCUT2D eigenvalue weighted by atomic mass is 16.6. The lowest BCUT2D eigenvalue weighted by Gasteiger charge is -2.03. The van der Waals surface area contributed by atoms with Crippen LogP contribution in [0.15, 0.2) is 64.4 Å². The van der Waals surface area contributed by atoms with Crippen LogP contribution in [0.1, 0.15) is 12.5 Å². The lowest BCUT2D eigenvalue weighted by molar-refractivity contribution is -0.384. The van der Waals surface area contributed by atoms with Gasteiger partial charge in [0.1, 0.15) is 0 Å². The largest absolute Gasteiger partial charge is 0.394 e. The van der Waals surface area contributed by atoms with Crippen LogP contribution in [0.4, 0.5) is 5.69 Å². The summed E-state index contributed by atoms with van der Waals surface area (Å²) in [5, 5.41) is 22.9. The van der Waals surface area contributed by atoms with Gasteiger partial charge in [-0.3, -0.25) is 25.0 Å². The number of benzene rings is 2. The maximum absolute atomic E-state index is 13.0. The molecule has 2 N–H and O–H groups in total. The fourth-order valence-corrected chi connectivity index (χ4v) is 2.79. The second-order valence-electron chi connectivity index (χ2n) is 5.83. The molecule has 0 aliphatic rings.